The van der Waals surface area contributed by atoms with E-state index >= 15 is 0 Å². The van der Waals surface area contributed by atoms with Gasteiger partial charge < -0.3 is 4.90 Å². The first kappa shape index (κ1) is 20.4. The molecular formula is C18H21N3O5S. The van der Waals surface area contributed by atoms with Gasteiger partial charge in [-0.25, -0.2) is 8.42 Å². The smallest absolute Gasteiger partial charge is 0.270 e. The van der Waals surface area contributed by atoms with Crippen LogP contribution in [0.25, 0.3) is 0 Å². The topological polar surface area (TPSA) is 110 Å². The Morgan fingerprint density at radius 3 is 2.48 bits per heavy atom. The van der Waals surface area contributed by atoms with Gasteiger partial charge in [0.25, 0.3) is 15.7 Å². The molecular weight excluding hydrogens is 370 g/mol. The number of nitro benzene ring substituents is 1. The number of anilines is 1. The van der Waals surface area contributed by atoms with Crippen LogP contribution < -0.4 is 4.72 Å². The molecule has 0 aliphatic rings. The lowest BCUT2D eigenvalue weighted by atomic mass is 10.1. The van der Waals surface area contributed by atoms with Crippen molar-refractivity contribution >= 4 is 27.3 Å². The Bertz CT molecular complexity index is 973. The van der Waals surface area contributed by atoms with E-state index in [0.717, 1.165) is 6.07 Å². The van der Waals surface area contributed by atoms with E-state index in [1.165, 1.54) is 19.1 Å². The molecule has 0 fully saturated rings. The average Bonchev–Trinajstić information content (AvgIpc) is 2.60. The predicted molar refractivity (Wildman–Crippen MR) is 102 cm³/mol. The summed E-state index contributed by atoms with van der Waals surface area (Å²) in [5.41, 5.74) is 1.04. The SMILES string of the molecule is CCN(Cc1ccccc1NS(=O)(=O)c1cc([N+](=O)[O-])ccc1C)C(C)=O. The summed E-state index contributed by atoms with van der Waals surface area (Å²) in [7, 11) is -4.04. The van der Waals surface area contributed by atoms with Crippen LogP contribution in [0.2, 0.25) is 0 Å². The number of carbonyl (C=O) groups excluding carboxylic acids is 1. The van der Waals surface area contributed by atoms with Crippen LogP contribution in [0, 0.1) is 17.0 Å². The summed E-state index contributed by atoms with van der Waals surface area (Å²) < 4.78 is 28.1. The van der Waals surface area contributed by atoms with Crippen LogP contribution in [0.15, 0.2) is 47.4 Å². The van der Waals surface area contributed by atoms with E-state index in [2.05, 4.69) is 4.72 Å². The largest absolute Gasteiger partial charge is 0.339 e. The van der Waals surface area contributed by atoms with Crippen LogP contribution in [0.3, 0.4) is 0 Å². The molecule has 0 saturated carbocycles. The van der Waals surface area contributed by atoms with E-state index in [0.29, 0.717) is 23.4 Å². The van der Waals surface area contributed by atoms with Crippen molar-refractivity contribution in [3.8, 4) is 0 Å². The number of non-ortho nitro benzene ring substituents is 1. The van der Waals surface area contributed by atoms with Gasteiger partial charge in [0.2, 0.25) is 5.91 Å². The standard InChI is InChI=1S/C18H21N3O5S/c1-4-20(14(3)22)12-15-7-5-6-8-17(15)19-27(25,26)18-11-16(21(23)24)10-9-13(18)2/h5-11,19H,4,12H2,1-3H3. The lowest BCUT2D eigenvalue weighted by molar-refractivity contribution is -0.385. The molecule has 0 bridgehead atoms. The molecule has 9 heteroatoms. The van der Waals surface area contributed by atoms with Gasteiger partial charge in [-0.3, -0.25) is 19.6 Å². The van der Waals surface area contributed by atoms with E-state index < -0.39 is 14.9 Å². The molecule has 8 nitrogen and oxygen atoms in total. The molecule has 2 aromatic carbocycles. The Hall–Kier alpha value is -2.94. The molecule has 0 spiro atoms. The number of hydrogen-bond acceptors (Lipinski definition) is 5. The van der Waals surface area contributed by atoms with Crippen molar-refractivity contribution in [2.75, 3.05) is 11.3 Å². The van der Waals surface area contributed by atoms with Gasteiger partial charge in [-0.05, 0) is 31.0 Å². The zero-order valence-corrected chi connectivity index (χ0v) is 16.1. The normalized spacial score (nSPS) is 11.1. The number of sulfonamides is 1. The number of nitrogens with zero attached hydrogens (tertiary/aromatic N) is 2. The highest BCUT2D eigenvalue weighted by Crippen LogP contribution is 2.26. The average molecular weight is 391 g/mol. The lowest BCUT2D eigenvalue weighted by Gasteiger charge is -2.21. The first-order valence-electron chi connectivity index (χ1n) is 8.27. The first-order valence-corrected chi connectivity index (χ1v) is 9.75. The van der Waals surface area contributed by atoms with Gasteiger partial charge in [0.05, 0.1) is 15.5 Å². The van der Waals surface area contributed by atoms with E-state index in [-0.39, 0.29) is 23.0 Å². The minimum atomic E-state index is -4.04. The molecule has 0 radical (unpaired) electrons. The fraction of sp³-hybridized carbons (Fsp3) is 0.278. The Morgan fingerprint density at radius 2 is 1.89 bits per heavy atom. The molecule has 0 atom stereocenters. The molecule has 2 rings (SSSR count). The molecule has 2 aromatic rings. The summed E-state index contributed by atoms with van der Waals surface area (Å²) in [5.74, 6) is -0.121. The van der Waals surface area contributed by atoms with Gasteiger partial charge in [-0.2, -0.15) is 0 Å². The molecule has 0 aromatic heterocycles. The predicted octanol–water partition coefficient (Wildman–Crippen LogP) is 3.07. The Balaban J connectivity index is 2.41. The van der Waals surface area contributed by atoms with Crippen molar-refractivity contribution in [2.45, 2.75) is 32.2 Å². The Labute approximate surface area is 158 Å². The van der Waals surface area contributed by atoms with E-state index in [4.69, 9.17) is 0 Å². The van der Waals surface area contributed by atoms with Crippen molar-refractivity contribution in [2.24, 2.45) is 0 Å². The Kier molecular flexibility index (Phi) is 6.17. The summed E-state index contributed by atoms with van der Waals surface area (Å²) in [6.07, 6.45) is 0. The highest BCUT2D eigenvalue weighted by molar-refractivity contribution is 7.92. The van der Waals surface area contributed by atoms with Crippen LogP contribution in [0.1, 0.15) is 25.0 Å². The molecule has 0 aliphatic carbocycles. The zero-order chi connectivity index (χ0) is 20.2. The van der Waals surface area contributed by atoms with Crippen LogP contribution in [0.4, 0.5) is 11.4 Å². The molecule has 27 heavy (non-hydrogen) atoms. The fourth-order valence-corrected chi connectivity index (χ4v) is 3.97. The molecule has 0 saturated heterocycles. The quantitative estimate of drug-likeness (QED) is 0.576. The number of benzene rings is 2. The van der Waals surface area contributed by atoms with Gasteiger partial charge in [-0.15, -0.1) is 0 Å². The van der Waals surface area contributed by atoms with Crippen LogP contribution in [-0.2, 0) is 21.4 Å². The Morgan fingerprint density at radius 1 is 1.22 bits per heavy atom. The van der Waals surface area contributed by atoms with E-state index in [1.807, 2.05) is 6.92 Å². The van der Waals surface area contributed by atoms with Crippen molar-refractivity contribution in [1.82, 2.24) is 4.90 Å². The molecule has 144 valence electrons. The number of rotatable bonds is 7. The summed E-state index contributed by atoms with van der Waals surface area (Å²) in [6, 6.07) is 10.4. The molecule has 1 amide bonds. The van der Waals surface area contributed by atoms with Gasteiger partial charge in [0.15, 0.2) is 0 Å². The van der Waals surface area contributed by atoms with Crippen molar-refractivity contribution in [3.63, 3.8) is 0 Å². The number of aryl methyl sites for hydroxylation is 1. The number of amides is 1. The molecule has 0 aliphatic heterocycles. The zero-order valence-electron chi connectivity index (χ0n) is 15.3. The second kappa shape index (κ2) is 8.17. The van der Waals surface area contributed by atoms with Gasteiger partial charge >= 0.3 is 0 Å². The summed E-state index contributed by atoms with van der Waals surface area (Å²) in [6.45, 7) is 5.58. The molecule has 0 unspecified atom stereocenters. The van der Waals surface area contributed by atoms with Crippen LogP contribution in [-0.4, -0.2) is 30.7 Å². The van der Waals surface area contributed by atoms with Gasteiger partial charge in [0.1, 0.15) is 0 Å². The third-order valence-corrected chi connectivity index (χ3v) is 5.63. The highest BCUT2D eigenvalue weighted by Gasteiger charge is 2.22. The number of para-hydroxylation sites is 1. The summed E-state index contributed by atoms with van der Waals surface area (Å²) in [5, 5.41) is 11.0. The minimum absolute atomic E-state index is 0.121. The van der Waals surface area contributed by atoms with E-state index in [9.17, 15) is 23.3 Å². The van der Waals surface area contributed by atoms with Gasteiger partial charge in [-0.1, -0.05) is 24.3 Å². The second-order valence-electron chi connectivity index (χ2n) is 6.00. The van der Waals surface area contributed by atoms with Crippen molar-refractivity contribution < 1.29 is 18.1 Å². The molecule has 0 heterocycles. The van der Waals surface area contributed by atoms with Gasteiger partial charge in [0, 0.05) is 32.1 Å². The maximum atomic E-state index is 12.8. The highest BCUT2D eigenvalue weighted by atomic mass is 32.2. The maximum Gasteiger partial charge on any atom is 0.270 e. The third kappa shape index (κ3) is 4.82. The van der Waals surface area contributed by atoms with Crippen molar-refractivity contribution in [3.05, 3.63) is 63.7 Å². The summed E-state index contributed by atoms with van der Waals surface area (Å²) >= 11 is 0. The summed E-state index contributed by atoms with van der Waals surface area (Å²) in [4.78, 5) is 23.4. The molecule has 1 N–H and O–H groups in total. The van der Waals surface area contributed by atoms with E-state index in [1.54, 1.807) is 36.1 Å². The number of nitrogens with one attached hydrogen (secondary N) is 1. The minimum Gasteiger partial charge on any atom is -0.339 e. The second-order valence-corrected chi connectivity index (χ2v) is 7.65. The number of hydrogen-bond donors (Lipinski definition) is 1. The van der Waals surface area contributed by atoms with Crippen LogP contribution in [0.5, 0.6) is 0 Å². The van der Waals surface area contributed by atoms with Crippen molar-refractivity contribution in [1.29, 1.82) is 0 Å². The fourth-order valence-electron chi connectivity index (χ4n) is 2.60. The first-order chi connectivity index (χ1) is 12.7. The lowest BCUT2D eigenvalue weighted by Crippen LogP contribution is -2.28. The van der Waals surface area contributed by atoms with Crippen LogP contribution >= 0.6 is 0 Å². The monoisotopic (exact) mass is 391 g/mol. The maximum absolute atomic E-state index is 12.8. The number of nitro groups is 1. The number of carbonyl (C=O) groups is 1. The third-order valence-electron chi connectivity index (χ3n) is 4.12.